The van der Waals surface area contributed by atoms with Crippen LogP contribution in [0, 0.1) is 16.4 Å². The summed E-state index contributed by atoms with van der Waals surface area (Å²) < 4.78 is 0. The second kappa shape index (κ2) is 6.89. The monoisotopic (exact) mass is 399 g/mol. The molecule has 3 heteroatoms. The Morgan fingerprint density at radius 3 is 2.52 bits per heavy atom. The number of halogens is 1. The van der Waals surface area contributed by atoms with Gasteiger partial charge in [-0.25, -0.2) is 0 Å². The van der Waals surface area contributed by atoms with Gasteiger partial charge in [0.25, 0.3) is 0 Å². The summed E-state index contributed by atoms with van der Waals surface area (Å²) in [5, 5.41) is 5.46. The molecule has 0 aromatic heterocycles. The Kier molecular flexibility index (Phi) is 4.33. The van der Waals surface area contributed by atoms with E-state index in [2.05, 4.69) is 31.2 Å². The summed E-state index contributed by atoms with van der Waals surface area (Å²) in [5.74, 6) is 0.349. The van der Waals surface area contributed by atoms with E-state index >= 15 is 0 Å². The van der Waals surface area contributed by atoms with E-state index in [1.165, 1.54) is 21.6 Å². The zero-order chi connectivity index (χ0) is 20.1. The number of benzene rings is 3. The molecule has 2 N–H and O–H groups in total. The van der Waals surface area contributed by atoms with Crippen LogP contribution in [0.25, 0.3) is 11.6 Å². The lowest BCUT2D eigenvalue weighted by Gasteiger charge is -2.25. The third kappa shape index (κ3) is 2.90. The van der Waals surface area contributed by atoms with E-state index in [0.29, 0.717) is 11.3 Å². The molecule has 3 aromatic rings. The standard InChI is InChI=1S/C26H22ClNO/c1-15-5-10-21-20-11-13-22-18(3-2-4-24(22)27)19(20)12-14-23(21)25(15)26(29)16-6-8-17(28)9-7-16/h2-4,6-9,12-15H,5,10-11,28H2,1H3. The molecule has 5 rings (SSSR count). The van der Waals surface area contributed by atoms with E-state index in [9.17, 15) is 4.79 Å². The number of anilines is 1. The molecule has 0 radical (unpaired) electrons. The first-order valence-corrected chi connectivity index (χ1v) is 10.5. The Morgan fingerprint density at radius 2 is 1.72 bits per heavy atom. The minimum atomic E-state index is 0.113. The number of hydrogen-bond donors (Lipinski definition) is 1. The van der Waals surface area contributed by atoms with E-state index < -0.39 is 0 Å². The van der Waals surface area contributed by atoms with Crippen molar-refractivity contribution in [3.8, 4) is 0 Å². The molecule has 2 aliphatic carbocycles. The van der Waals surface area contributed by atoms with Gasteiger partial charge in [-0.05, 0) is 87.5 Å². The molecule has 0 bridgehead atoms. The van der Waals surface area contributed by atoms with Gasteiger partial charge in [0.1, 0.15) is 0 Å². The van der Waals surface area contributed by atoms with Gasteiger partial charge in [-0.3, -0.25) is 4.79 Å². The third-order valence-electron chi connectivity index (χ3n) is 6.31. The Balaban J connectivity index is 1.81. The van der Waals surface area contributed by atoms with Gasteiger partial charge in [-0.15, -0.1) is 0 Å². The largest absolute Gasteiger partial charge is 0.399 e. The number of carbonyl (C=O) groups is 1. The molecule has 29 heavy (non-hydrogen) atoms. The average molecular weight is 400 g/mol. The molecule has 0 amide bonds. The summed E-state index contributed by atoms with van der Waals surface area (Å²) in [5.41, 5.74) is 10.8. The first-order chi connectivity index (χ1) is 14.0. The number of hydrogen-bond acceptors (Lipinski definition) is 2. The quantitative estimate of drug-likeness (QED) is 0.519. The summed E-state index contributed by atoms with van der Waals surface area (Å²) in [6.07, 6.45) is 5.07. The second-order valence-electron chi connectivity index (χ2n) is 8.03. The van der Waals surface area contributed by atoms with Crippen LogP contribution in [0.15, 0.2) is 54.6 Å². The Bertz CT molecular complexity index is 1370. The van der Waals surface area contributed by atoms with Crippen molar-refractivity contribution in [2.45, 2.75) is 26.2 Å². The van der Waals surface area contributed by atoms with Gasteiger partial charge < -0.3 is 5.73 Å². The number of nitrogen functional groups attached to an aromatic ring is 1. The molecule has 1 unspecified atom stereocenters. The number of fused-ring (bicyclic) bond motifs is 4. The smallest absolute Gasteiger partial charge is 0.189 e. The first-order valence-electron chi connectivity index (χ1n) is 10.1. The van der Waals surface area contributed by atoms with Crippen LogP contribution in [0.4, 0.5) is 5.69 Å². The molecule has 144 valence electrons. The van der Waals surface area contributed by atoms with Crippen LogP contribution in [-0.2, 0) is 12.8 Å². The van der Waals surface area contributed by atoms with Crippen molar-refractivity contribution in [3.05, 3.63) is 97.2 Å². The maximum Gasteiger partial charge on any atom is 0.189 e. The number of carbonyl (C=O) groups excluding carboxylic acids is 1. The Morgan fingerprint density at radius 1 is 0.966 bits per heavy atom. The van der Waals surface area contributed by atoms with Crippen LogP contribution in [-0.4, -0.2) is 5.78 Å². The predicted octanol–water partition coefficient (Wildman–Crippen LogP) is 4.16. The van der Waals surface area contributed by atoms with E-state index in [-0.39, 0.29) is 11.7 Å². The van der Waals surface area contributed by atoms with Crippen molar-refractivity contribution < 1.29 is 4.79 Å². The van der Waals surface area contributed by atoms with Crippen LogP contribution in [0.5, 0.6) is 0 Å². The molecule has 0 heterocycles. The number of nitrogens with two attached hydrogens (primary N) is 1. The normalized spacial score (nSPS) is 17.0. The molecule has 3 aromatic carbocycles. The molecular weight excluding hydrogens is 378 g/mol. The molecule has 2 nitrogen and oxygen atoms in total. The number of ketones is 1. The van der Waals surface area contributed by atoms with Gasteiger partial charge >= 0.3 is 0 Å². The molecule has 0 spiro atoms. The van der Waals surface area contributed by atoms with Gasteiger partial charge in [-0.2, -0.15) is 0 Å². The molecule has 2 aliphatic rings. The predicted molar refractivity (Wildman–Crippen MR) is 119 cm³/mol. The Labute approximate surface area is 174 Å². The molecule has 0 fully saturated rings. The van der Waals surface area contributed by atoms with Gasteiger partial charge in [0.2, 0.25) is 0 Å². The van der Waals surface area contributed by atoms with Crippen molar-refractivity contribution in [2.24, 2.45) is 5.92 Å². The summed E-state index contributed by atoms with van der Waals surface area (Å²) in [7, 11) is 0. The maximum atomic E-state index is 13.4. The van der Waals surface area contributed by atoms with Crippen LogP contribution >= 0.6 is 11.6 Å². The van der Waals surface area contributed by atoms with Crippen LogP contribution in [0.1, 0.15) is 34.8 Å². The van der Waals surface area contributed by atoms with Gasteiger partial charge in [-0.1, -0.05) is 48.9 Å². The van der Waals surface area contributed by atoms with Gasteiger partial charge in [0.15, 0.2) is 5.78 Å². The topological polar surface area (TPSA) is 43.1 Å². The summed E-state index contributed by atoms with van der Waals surface area (Å²) >= 11 is 6.43. The highest BCUT2D eigenvalue weighted by atomic mass is 35.5. The fraction of sp³-hybridized carbons (Fsp3) is 0.192. The zero-order valence-electron chi connectivity index (χ0n) is 16.3. The van der Waals surface area contributed by atoms with E-state index in [1.807, 2.05) is 24.3 Å². The lowest BCUT2D eigenvalue weighted by Crippen LogP contribution is -2.29. The number of Topliss-reactive ketones (excluding diaryl/α,β-unsaturated/α-hetero) is 1. The highest BCUT2D eigenvalue weighted by Gasteiger charge is 2.25. The van der Waals surface area contributed by atoms with Crippen molar-refractivity contribution in [2.75, 3.05) is 5.73 Å². The third-order valence-corrected chi connectivity index (χ3v) is 6.64. The maximum absolute atomic E-state index is 13.4. The minimum Gasteiger partial charge on any atom is -0.399 e. The average Bonchev–Trinajstić information content (AvgIpc) is 2.73. The van der Waals surface area contributed by atoms with Gasteiger partial charge in [0.05, 0.1) is 0 Å². The lowest BCUT2D eigenvalue weighted by atomic mass is 9.79. The second-order valence-corrected chi connectivity index (χ2v) is 8.44. The molecular formula is C26H22ClNO. The van der Waals surface area contributed by atoms with Crippen molar-refractivity contribution >= 4 is 34.7 Å². The molecule has 0 saturated heterocycles. The van der Waals surface area contributed by atoms with Crippen LogP contribution < -0.4 is 16.2 Å². The van der Waals surface area contributed by atoms with E-state index in [0.717, 1.165) is 40.3 Å². The first kappa shape index (κ1) is 18.2. The summed E-state index contributed by atoms with van der Waals surface area (Å²) in [4.78, 5) is 13.4. The lowest BCUT2D eigenvalue weighted by molar-refractivity contribution is 0.104. The molecule has 0 saturated carbocycles. The number of rotatable bonds is 2. The van der Waals surface area contributed by atoms with E-state index in [1.54, 1.807) is 12.1 Å². The minimum absolute atomic E-state index is 0.113. The highest BCUT2D eigenvalue weighted by molar-refractivity contribution is 6.30. The van der Waals surface area contributed by atoms with Crippen molar-refractivity contribution in [3.63, 3.8) is 0 Å². The van der Waals surface area contributed by atoms with Crippen LogP contribution in [0.2, 0.25) is 5.02 Å². The fourth-order valence-electron chi connectivity index (χ4n) is 4.81. The zero-order valence-corrected chi connectivity index (χ0v) is 17.1. The van der Waals surface area contributed by atoms with E-state index in [4.69, 9.17) is 17.3 Å². The van der Waals surface area contributed by atoms with Crippen molar-refractivity contribution in [1.82, 2.24) is 0 Å². The van der Waals surface area contributed by atoms with Crippen LogP contribution in [0.3, 0.4) is 0 Å². The fourth-order valence-corrected chi connectivity index (χ4v) is 5.06. The Hall–Kier alpha value is -2.84. The molecule has 1 atom stereocenters. The SMILES string of the molecule is CC1CCc2c3c(ccc2=C1C(=O)c1ccc(N)cc1)=c1cccc(Cl)c1=CC3. The van der Waals surface area contributed by atoms with Crippen molar-refractivity contribution in [1.29, 1.82) is 0 Å². The summed E-state index contributed by atoms with van der Waals surface area (Å²) in [6, 6.07) is 17.7. The molecule has 0 aliphatic heterocycles. The summed E-state index contributed by atoms with van der Waals surface area (Å²) in [6.45, 7) is 2.16. The van der Waals surface area contributed by atoms with Gasteiger partial charge in [0, 0.05) is 21.8 Å². The highest BCUT2D eigenvalue weighted by Crippen LogP contribution is 2.28.